The summed E-state index contributed by atoms with van der Waals surface area (Å²) >= 11 is 0. The zero-order valence-electron chi connectivity index (χ0n) is 13.6. The summed E-state index contributed by atoms with van der Waals surface area (Å²) in [5.74, 6) is 0.227. The first-order chi connectivity index (χ1) is 10.2. The third kappa shape index (κ3) is 15.3. The third-order valence-corrected chi connectivity index (χ3v) is 3.68. The number of esters is 1. The molecule has 21 heavy (non-hydrogen) atoms. The highest BCUT2D eigenvalue weighted by atomic mass is 16.5. The van der Waals surface area contributed by atoms with Crippen molar-refractivity contribution in [1.82, 2.24) is 0 Å². The minimum atomic E-state index is -0.112. The number of rotatable bonds is 15. The van der Waals surface area contributed by atoms with Gasteiger partial charge >= 0.3 is 5.97 Å². The molecule has 0 spiro atoms. The van der Waals surface area contributed by atoms with Gasteiger partial charge in [-0.15, -0.1) is 0 Å². The van der Waals surface area contributed by atoms with E-state index in [4.69, 9.17) is 5.11 Å². The fraction of sp³-hybridized carbons (Fsp3) is 0.882. The molecule has 0 aromatic rings. The van der Waals surface area contributed by atoms with E-state index in [0.717, 1.165) is 38.5 Å². The summed E-state index contributed by atoms with van der Waals surface area (Å²) in [5, 5.41) is 8.64. The van der Waals surface area contributed by atoms with Gasteiger partial charge in [0.2, 0.25) is 0 Å². The monoisotopic (exact) mass is 300 g/mol. The minimum Gasteiger partial charge on any atom is -0.469 e. The second kappa shape index (κ2) is 15.5. The number of hydrogen-bond acceptors (Lipinski definition) is 4. The maximum atomic E-state index is 11.5. The van der Waals surface area contributed by atoms with Crippen LogP contribution in [-0.2, 0) is 14.3 Å². The summed E-state index contributed by atoms with van der Waals surface area (Å²) in [6.45, 7) is 0.187. The van der Waals surface area contributed by atoms with Crippen LogP contribution in [0.2, 0.25) is 0 Å². The van der Waals surface area contributed by atoms with Crippen LogP contribution in [0.25, 0.3) is 0 Å². The maximum Gasteiger partial charge on any atom is 0.305 e. The summed E-state index contributed by atoms with van der Waals surface area (Å²) < 4.78 is 4.59. The molecule has 0 aliphatic carbocycles. The molecule has 0 saturated heterocycles. The molecule has 0 amide bonds. The predicted octanol–water partition coefficient (Wildman–Crippen LogP) is 3.79. The van der Waals surface area contributed by atoms with Crippen molar-refractivity contribution in [3.05, 3.63) is 0 Å². The van der Waals surface area contributed by atoms with E-state index in [-0.39, 0.29) is 12.6 Å². The Morgan fingerprint density at radius 3 is 1.62 bits per heavy atom. The van der Waals surface area contributed by atoms with Crippen molar-refractivity contribution in [2.24, 2.45) is 0 Å². The molecule has 0 heterocycles. The van der Waals surface area contributed by atoms with E-state index < -0.39 is 0 Å². The van der Waals surface area contributed by atoms with Gasteiger partial charge in [0.25, 0.3) is 0 Å². The van der Waals surface area contributed by atoms with Gasteiger partial charge in [0, 0.05) is 25.9 Å². The molecule has 0 radical (unpaired) electrons. The lowest BCUT2D eigenvalue weighted by atomic mass is 10.0. The number of methoxy groups -OCH3 is 1. The van der Waals surface area contributed by atoms with E-state index in [0.29, 0.717) is 25.0 Å². The molecular formula is C17H32O4. The lowest BCUT2D eigenvalue weighted by molar-refractivity contribution is -0.140. The molecule has 0 rings (SSSR count). The number of aliphatic hydroxyl groups excluding tert-OH is 1. The molecule has 0 aliphatic heterocycles. The molecule has 124 valence electrons. The number of carbonyl (C=O) groups is 2. The Morgan fingerprint density at radius 1 is 0.714 bits per heavy atom. The average Bonchev–Trinajstić information content (AvgIpc) is 2.49. The van der Waals surface area contributed by atoms with Gasteiger partial charge in [-0.25, -0.2) is 0 Å². The lowest BCUT2D eigenvalue weighted by Crippen LogP contribution is -1.99. The van der Waals surface area contributed by atoms with Crippen molar-refractivity contribution in [2.75, 3.05) is 13.7 Å². The maximum absolute atomic E-state index is 11.5. The molecular weight excluding hydrogens is 268 g/mol. The van der Waals surface area contributed by atoms with Crippen molar-refractivity contribution in [1.29, 1.82) is 0 Å². The first-order valence-corrected chi connectivity index (χ1v) is 8.40. The van der Waals surface area contributed by atoms with Crippen LogP contribution >= 0.6 is 0 Å². The lowest BCUT2D eigenvalue weighted by Gasteiger charge is -2.03. The zero-order chi connectivity index (χ0) is 15.8. The Bertz CT molecular complexity index is 264. The SMILES string of the molecule is COC(=O)CCCCCCCCCCC(=O)CCCCO. The van der Waals surface area contributed by atoms with Gasteiger partial charge in [-0.05, 0) is 25.7 Å². The van der Waals surface area contributed by atoms with Crippen LogP contribution in [0.4, 0.5) is 0 Å². The number of carbonyl (C=O) groups excluding carboxylic acids is 2. The molecule has 4 nitrogen and oxygen atoms in total. The minimum absolute atomic E-state index is 0.112. The van der Waals surface area contributed by atoms with Crippen LogP contribution in [0.15, 0.2) is 0 Å². The fourth-order valence-corrected chi connectivity index (χ4v) is 2.31. The Labute approximate surface area is 129 Å². The van der Waals surface area contributed by atoms with Crippen LogP contribution in [0.1, 0.15) is 83.5 Å². The summed E-state index contributed by atoms with van der Waals surface area (Å²) in [7, 11) is 1.43. The van der Waals surface area contributed by atoms with Crippen molar-refractivity contribution in [3.8, 4) is 0 Å². The third-order valence-electron chi connectivity index (χ3n) is 3.68. The number of Topliss-reactive ketones (excluding diaryl/α,β-unsaturated/α-hetero) is 1. The van der Waals surface area contributed by atoms with E-state index in [1.165, 1.54) is 32.8 Å². The molecule has 0 fully saturated rings. The van der Waals surface area contributed by atoms with E-state index in [9.17, 15) is 9.59 Å². The summed E-state index contributed by atoms with van der Waals surface area (Å²) in [6.07, 6.45) is 12.4. The zero-order valence-corrected chi connectivity index (χ0v) is 13.6. The summed E-state index contributed by atoms with van der Waals surface area (Å²) in [6, 6.07) is 0. The molecule has 0 unspecified atom stereocenters. The molecule has 1 N–H and O–H groups in total. The Balaban J connectivity index is 3.15. The van der Waals surface area contributed by atoms with Crippen LogP contribution in [0, 0.1) is 0 Å². The molecule has 0 aliphatic rings. The quantitative estimate of drug-likeness (QED) is 0.369. The number of unbranched alkanes of at least 4 members (excludes halogenated alkanes) is 8. The van der Waals surface area contributed by atoms with Crippen molar-refractivity contribution in [3.63, 3.8) is 0 Å². The Morgan fingerprint density at radius 2 is 1.14 bits per heavy atom. The van der Waals surface area contributed by atoms with Crippen LogP contribution in [0.3, 0.4) is 0 Å². The normalized spacial score (nSPS) is 10.6. The molecule has 4 heteroatoms. The molecule has 0 saturated carbocycles. The smallest absolute Gasteiger partial charge is 0.305 e. The van der Waals surface area contributed by atoms with Gasteiger partial charge < -0.3 is 9.84 Å². The number of ether oxygens (including phenoxy) is 1. The van der Waals surface area contributed by atoms with E-state index in [1.54, 1.807) is 0 Å². The number of ketones is 1. The van der Waals surface area contributed by atoms with Gasteiger partial charge in [0.1, 0.15) is 5.78 Å². The highest BCUT2D eigenvalue weighted by Crippen LogP contribution is 2.11. The van der Waals surface area contributed by atoms with Crippen molar-refractivity contribution >= 4 is 11.8 Å². The van der Waals surface area contributed by atoms with Crippen LogP contribution in [-0.4, -0.2) is 30.6 Å². The highest BCUT2D eigenvalue weighted by molar-refractivity contribution is 5.78. The van der Waals surface area contributed by atoms with Gasteiger partial charge in [-0.1, -0.05) is 38.5 Å². The Kier molecular flexibility index (Phi) is 14.8. The van der Waals surface area contributed by atoms with Crippen molar-refractivity contribution in [2.45, 2.75) is 83.5 Å². The second-order valence-electron chi connectivity index (χ2n) is 5.62. The van der Waals surface area contributed by atoms with Gasteiger partial charge in [0.05, 0.1) is 7.11 Å². The van der Waals surface area contributed by atoms with Gasteiger partial charge in [-0.2, -0.15) is 0 Å². The van der Waals surface area contributed by atoms with E-state index >= 15 is 0 Å². The highest BCUT2D eigenvalue weighted by Gasteiger charge is 2.02. The van der Waals surface area contributed by atoms with Crippen LogP contribution < -0.4 is 0 Å². The van der Waals surface area contributed by atoms with E-state index in [2.05, 4.69) is 4.74 Å². The molecule has 0 bridgehead atoms. The fourth-order valence-electron chi connectivity index (χ4n) is 2.31. The Hall–Kier alpha value is -0.900. The standard InChI is InChI=1S/C17H32O4/c1-21-17(20)14-9-7-5-3-2-4-6-8-12-16(19)13-10-11-15-18/h18H,2-15H2,1H3. The van der Waals surface area contributed by atoms with E-state index in [1.807, 2.05) is 0 Å². The van der Waals surface area contributed by atoms with Crippen molar-refractivity contribution < 1.29 is 19.4 Å². The number of aliphatic hydroxyl groups is 1. The first-order valence-electron chi connectivity index (χ1n) is 8.40. The van der Waals surface area contributed by atoms with Gasteiger partial charge in [0.15, 0.2) is 0 Å². The summed E-state index contributed by atoms with van der Waals surface area (Å²) in [5.41, 5.74) is 0. The predicted molar refractivity (Wildman–Crippen MR) is 84.1 cm³/mol. The topological polar surface area (TPSA) is 63.6 Å². The first kappa shape index (κ1) is 20.1. The largest absolute Gasteiger partial charge is 0.469 e. The molecule has 0 aromatic heterocycles. The number of hydrogen-bond donors (Lipinski definition) is 1. The second-order valence-corrected chi connectivity index (χ2v) is 5.62. The van der Waals surface area contributed by atoms with Gasteiger partial charge in [-0.3, -0.25) is 9.59 Å². The van der Waals surface area contributed by atoms with Crippen LogP contribution in [0.5, 0.6) is 0 Å². The molecule has 0 aromatic carbocycles. The summed E-state index contributed by atoms with van der Waals surface area (Å²) in [4.78, 5) is 22.4. The average molecular weight is 300 g/mol. The molecule has 0 atom stereocenters.